The molecule has 1 aliphatic carbocycles. The fourth-order valence-corrected chi connectivity index (χ4v) is 5.08. The molecule has 38 heavy (non-hydrogen) atoms. The van der Waals surface area contributed by atoms with Crippen LogP contribution in [0.1, 0.15) is 39.2 Å². The van der Waals surface area contributed by atoms with Gasteiger partial charge in [-0.3, -0.25) is 14.9 Å². The Kier molecular flexibility index (Phi) is 6.23. The first kappa shape index (κ1) is 25.1. The normalized spacial score (nSPS) is 17.3. The first-order valence-corrected chi connectivity index (χ1v) is 12.4. The SMILES string of the molecule is CC(C)(C)OC(=O)C1=CC[C@@](C(=O)Oc2cc3ccccc3c3ccccc23)(c2ccccc2[N+](=O)[O-])C1. The molecule has 0 bridgehead atoms. The Hall–Kier alpha value is -4.52. The molecule has 1 atom stereocenters. The minimum atomic E-state index is -1.47. The van der Waals surface area contributed by atoms with Gasteiger partial charge in [0.15, 0.2) is 0 Å². The summed E-state index contributed by atoms with van der Waals surface area (Å²) in [5.74, 6) is -0.864. The third-order valence-corrected chi connectivity index (χ3v) is 6.79. The number of ether oxygens (including phenoxy) is 2. The first-order valence-electron chi connectivity index (χ1n) is 12.4. The van der Waals surface area contributed by atoms with Gasteiger partial charge in [0, 0.05) is 22.6 Å². The third-order valence-electron chi connectivity index (χ3n) is 6.79. The average Bonchev–Trinajstić information content (AvgIpc) is 3.35. The molecule has 192 valence electrons. The number of rotatable bonds is 5. The maximum Gasteiger partial charge on any atom is 0.334 e. The van der Waals surface area contributed by atoms with E-state index < -0.39 is 27.9 Å². The smallest absolute Gasteiger partial charge is 0.334 e. The largest absolute Gasteiger partial charge is 0.457 e. The Morgan fingerprint density at radius 2 is 1.53 bits per heavy atom. The minimum absolute atomic E-state index is 0.0662. The summed E-state index contributed by atoms with van der Waals surface area (Å²) in [6.07, 6.45) is 1.62. The van der Waals surface area contributed by atoms with Gasteiger partial charge in [0.05, 0.1) is 4.92 Å². The fraction of sp³-hybridized carbons (Fsp3) is 0.226. The maximum absolute atomic E-state index is 14.1. The molecule has 0 unspecified atom stereocenters. The Balaban J connectivity index is 1.60. The second kappa shape index (κ2) is 9.41. The molecule has 7 heteroatoms. The molecule has 0 fully saturated rings. The van der Waals surface area contributed by atoms with Crippen molar-refractivity contribution >= 4 is 39.2 Å². The number of nitro benzene ring substituents is 1. The van der Waals surface area contributed by atoms with Crippen LogP contribution in [0, 0.1) is 10.1 Å². The lowest BCUT2D eigenvalue weighted by Gasteiger charge is -2.28. The van der Waals surface area contributed by atoms with Crippen LogP contribution in [-0.4, -0.2) is 22.5 Å². The standard InChI is InChI=1S/C31H27NO6/c1-30(2,3)38-28(33)21-16-17-31(19-21,25-14-8-9-15-26(25)32(35)36)29(34)37-27-18-20-10-4-5-11-22(20)23-12-6-7-13-24(23)27/h4-16,18H,17,19H2,1-3H3/t31-/m0/s1. The van der Waals surface area contributed by atoms with Gasteiger partial charge in [-0.25, -0.2) is 4.79 Å². The van der Waals surface area contributed by atoms with Gasteiger partial charge < -0.3 is 9.47 Å². The molecule has 0 saturated carbocycles. The number of fused-ring (bicyclic) bond motifs is 3. The summed E-state index contributed by atoms with van der Waals surface area (Å²) < 4.78 is 11.6. The van der Waals surface area contributed by atoms with Crippen LogP contribution in [0.3, 0.4) is 0 Å². The summed E-state index contributed by atoms with van der Waals surface area (Å²) >= 11 is 0. The van der Waals surface area contributed by atoms with Crippen molar-refractivity contribution in [2.75, 3.05) is 0 Å². The van der Waals surface area contributed by atoms with E-state index in [1.165, 1.54) is 6.07 Å². The van der Waals surface area contributed by atoms with Gasteiger partial charge in [-0.2, -0.15) is 0 Å². The number of esters is 2. The summed E-state index contributed by atoms with van der Waals surface area (Å²) in [6.45, 7) is 5.28. The highest BCUT2D eigenvalue weighted by molar-refractivity contribution is 6.11. The maximum atomic E-state index is 14.1. The average molecular weight is 510 g/mol. The van der Waals surface area contributed by atoms with Crippen LogP contribution in [0.5, 0.6) is 5.75 Å². The quantitative estimate of drug-likeness (QED) is 0.0964. The second-order valence-electron chi connectivity index (χ2n) is 10.5. The Bertz CT molecular complexity index is 1630. The van der Waals surface area contributed by atoms with E-state index in [0.29, 0.717) is 11.3 Å². The fourth-order valence-electron chi connectivity index (χ4n) is 5.08. The summed E-state index contributed by atoms with van der Waals surface area (Å²) in [5.41, 5.74) is -1.91. The van der Waals surface area contributed by atoms with Crippen molar-refractivity contribution in [3.8, 4) is 5.75 Å². The van der Waals surface area contributed by atoms with E-state index in [0.717, 1.165) is 21.5 Å². The highest BCUT2D eigenvalue weighted by Crippen LogP contribution is 2.46. The number of carbonyl (C=O) groups excluding carboxylic acids is 2. The van der Waals surface area contributed by atoms with Crippen LogP contribution in [0.2, 0.25) is 0 Å². The van der Waals surface area contributed by atoms with Crippen molar-refractivity contribution in [2.24, 2.45) is 0 Å². The lowest BCUT2D eigenvalue weighted by molar-refractivity contribution is -0.386. The molecular formula is C31H27NO6. The number of hydrogen-bond donors (Lipinski definition) is 0. The topological polar surface area (TPSA) is 95.7 Å². The van der Waals surface area contributed by atoms with Gasteiger partial charge in [-0.1, -0.05) is 72.8 Å². The third kappa shape index (κ3) is 4.52. The summed E-state index contributed by atoms with van der Waals surface area (Å²) in [6, 6.07) is 23.4. The van der Waals surface area contributed by atoms with Gasteiger partial charge in [0.2, 0.25) is 0 Å². The van der Waals surface area contributed by atoms with Crippen LogP contribution in [0.25, 0.3) is 21.5 Å². The molecule has 0 aromatic heterocycles. The minimum Gasteiger partial charge on any atom is -0.457 e. The zero-order valence-corrected chi connectivity index (χ0v) is 21.4. The summed E-state index contributed by atoms with van der Waals surface area (Å²) in [5, 5.41) is 15.6. The van der Waals surface area contributed by atoms with Crippen LogP contribution >= 0.6 is 0 Å². The van der Waals surface area contributed by atoms with Crippen LogP contribution in [0.4, 0.5) is 5.69 Å². The van der Waals surface area contributed by atoms with Crippen LogP contribution < -0.4 is 4.74 Å². The number of hydrogen-bond acceptors (Lipinski definition) is 6. The lowest BCUT2D eigenvalue weighted by atomic mass is 9.76. The van der Waals surface area contributed by atoms with Crippen molar-refractivity contribution in [1.29, 1.82) is 0 Å². The molecule has 0 aliphatic heterocycles. The molecule has 0 spiro atoms. The Labute approximate surface area is 219 Å². The van der Waals surface area contributed by atoms with E-state index in [1.807, 2.05) is 48.5 Å². The van der Waals surface area contributed by atoms with Crippen LogP contribution in [-0.2, 0) is 19.7 Å². The molecule has 0 amide bonds. The van der Waals surface area contributed by atoms with E-state index in [9.17, 15) is 19.7 Å². The van der Waals surface area contributed by atoms with Crippen molar-refractivity contribution in [2.45, 2.75) is 44.6 Å². The molecule has 0 heterocycles. The molecule has 0 saturated heterocycles. The van der Waals surface area contributed by atoms with E-state index in [-0.39, 0.29) is 24.1 Å². The summed E-state index contributed by atoms with van der Waals surface area (Å²) in [4.78, 5) is 38.5. The molecule has 4 aromatic carbocycles. The van der Waals surface area contributed by atoms with E-state index in [4.69, 9.17) is 9.47 Å². The molecule has 1 aliphatic rings. The van der Waals surface area contributed by atoms with Crippen molar-refractivity contribution in [3.63, 3.8) is 0 Å². The summed E-state index contributed by atoms with van der Waals surface area (Å²) in [7, 11) is 0. The number of para-hydroxylation sites is 1. The van der Waals surface area contributed by atoms with Gasteiger partial charge in [0.25, 0.3) is 5.69 Å². The molecule has 0 radical (unpaired) electrons. The van der Waals surface area contributed by atoms with Crippen LogP contribution in [0.15, 0.2) is 90.5 Å². The number of carbonyl (C=O) groups is 2. The zero-order valence-electron chi connectivity index (χ0n) is 21.4. The molecular weight excluding hydrogens is 482 g/mol. The molecule has 0 N–H and O–H groups in total. The number of allylic oxidation sites excluding steroid dienone is 1. The number of nitrogens with zero attached hydrogens (tertiary/aromatic N) is 1. The van der Waals surface area contributed by atoms with Crippen molar-refractivity contribution < 1.29 is 24.0 Å². The monoisotopic (exact) mass is 509 g/mol. The predicted molar refractivity (Wildman–Crippen MR) is 145 cm³/mol. The number of benzene rings is 4. The highest BCUT2D eigenvalue weighted by Gasteiger charge is 2.50. The zero-order chi connectivity index (χ0) is 27.1. The van der Waals surface area contributed by atoms with Gasteiger partial charge in [0.1, 0.15) is 16.8 Å². The van der Waals surface area contributed by atoms with Gasteiger partial charge >= 0.3 is 11.9 Å². The molecule has 4 aromatic rings. The highest BCUT2D eigenvalue weighted by atomic mass is 16.6. The Morgan fingerprint density at radius 1 is 0.895 bits per heavy atom. The van der Waals surface area contributed by atoms with Gasteiger partial charge in [-0.05, 0) is 55.8 Å². The van der Waals surface area contributed by atoms with E-state index in [2.05, 4.69) is 0 Å². The molecule has 7 nitrogen and oxygen atoms in total. The first-order chi connectivity index (χ1) is 18.1. The Morgan fingerprint density at radius 3 is 2.24 bits per heavy atom. The van der Waals surface area contributed by atoms with Crippen molar-refractivity contribution in [1.82, 2.24) is 0 Å². The predicted octanol–water partition coefficient (Wildman–Crippen LogP) is 6.81. The molecule has 5 rings (SSSR count). The van der Waals surface area contributed by atoms with Gasteiger partial charge in [-0.15, -0.1) is 0 Å². The van der Waals surface area contributed by atoms with Crippen molar-refractivity contribution in [3.05, 3.63) is 106 Å². The number of nitro groups is 1. The second-order valence-corrected chi connectivity index (χ2v) is 10.5. The van der Waals surface area contributed by atoms with E-state index >= 15 is 0 Å². The lowest BCUT2D eigenvalue weighted by Crippen LogP contribution is -2.38. The van der Waals surface area contributed by atoms with E-state index in [1.54, 1.807) is 51.1 Å².